The molecule has 0 bridgehead atoms. The topological polar surface area (TPSA) is 44.1 Å². The number of likely N-dealkylation sites (N-methyl/N-ethyl adjacent to an activating group) is 1. The standard InChI is InChI=1S/C18H18N2O/c1-13-4-9-17(14(2)10-13)18(21)12-20(3)16-7-5-15(11-19)6-8-16/h4-10H,12H2,1-3H3. The zero-order valence-corrected chi connectivity index (χ0v) is 12.6. The van der Waals surface area contributed by atoms with Crippen molar-refractivity contribution in [1.29, 1.82) is 5.26 Å². The Kier molecular flexibility index (Phi) is 4.39. The zero-order valence-electron chi connectivity index (χ0n) is 12.6. The maximum Gasteiger partial charge on any atom is 0.182 e. The highest BCUT2D eigenvalue weighted by Gasteiger charge is 2.12. The summed E-state index contributed by atoms with van der Waals surface area (Å²) in [6, 6.07) is 15.2. The summed E-state index contributed by atoms with van der Waals surface area (Å²) < 4.78 is 0. The van der Waals surface area contributed by atoms with E-state index < -0.39 is 0 Å². The molecular formula is C18H18N2O. The Hall–Kier alpha value is -2.60. The summed E-state index contributed by atoms with van der Waals surface area (Å²) in [5.41, 5.74) is 4.47. The minimum absolute atomic E-state index is 0.0966. The molecule has 106 valence electrons. The van der Waals surface area contributed by atoms with Crippen LogP contribution in [0, 0.1) is 25.2 Å². The maximum atomic E-state index is 12.4. The van der Waals surface area contributed by atoms with Gasteiger partial charge in [0.1, 0.15) is 0 Å². The van der Waals surface area contributed by atoms with E-state index in [4.69, 9.17) is 5.26 Å². The van der Waals surface area contributed by atoms with E-state index in [1.54, 1.807) is 12.1 Å². The third-order valence-electron chi connectivity index (χ3n) is 3.50. The summed E-state index contributed by atoms with van der Waals surface area (Å²) in [6.45, 7) is 4.29. The van der Waals surface area contributed by atoms with Gasteiger partial charge in [-0.3, -0.25) is 4.79 Å². The highest BCUT2D eigenvalue weighted by Crippen LogP contribution is 2.16. The van der Waals surface area contributed by atoms with E-state index in [9.17, 15) is 4.79 Å². The molecule has 0 unspecified atom stereocenters. The molecule has 0 radical (unpaired) electrons. The largest absolute Gasteiger partial charge is 0.367 e. The van der Waals surface area contributed by atoms with E-state index >= 15 is 0 Å². The molecule has 0 fully saturated rings. The van der Waals surface area contributed by atoms with Gasteiger partial charge in [-0.1, -0.05) is 23.8 Å². The van der Waals surface area contributed by atoms with Gasteiger partial charge in [0, 0.05) is 18.3 Å². The molecule has 2 aromatic rings. The van der Waals surface area contributed by atoms with Crippen LogP contribution in [0.4, 0.5) is 5.69 Å². The Morgan fingerprint density at radius 3 is 2.38 bits per heavy atom. The number of hydrogen-bond donors (Lipinski definition) is 0. The van der Waals surface area contributed by atoms with E-state index in [1.165, 1.54) is 0 Å². The average Bonchev–Trinajstić information content (AvgIpc) is 2.47. The normalized spacial score (nSPS) is 10.0. The minimum Gasteiger partial charge on any atom is -0.367 e. The van der Waals surface area contributed by atoms with Gasteiger partial charge in [-0.25, -0.2) is 0 Å². The first kappa shape index (κ1) is 14.8. The van der Waals surface area contributed by atoms with Gasteiger partial charge in [0.25, 0.3) is 0 Å². The van der Waals surface area contributed by atoms with Crippen LogP contribution in [0.5, 0.6) is 0 Å². The van der Waals surface area contributed by atoms with Crippen LogP contribution in [0.2, 0.25) is 0 Å². The van der Waals surface area contributed by atoms with Gasteiger partial charge in [0.05, 0.1) is 18.2 Å². The lowest BCUT2D eigenvalue weighted by Crippen LogP contribution is -2.26. The second-order valence-corrected chi connectivity index (χ2v) is 5.26. The Labute approximate surface area is 125 Å². The first-order valence-electron chi connectivity index (χ1n) is 6.83. The number of nitriles is 1. The molecule has 0 spiro atoms. The molecule has 0 saturated carbocycles. The number of ketones is 1. The highest BCUT2D eigenvalue weighted by molar-refractivity contribution is 6.00. The summed E-state index contributed by atoms with van der Waals surface area (Å²) >= 11 is 0. The van der Waals surface area contributed by atoms with E-state index in [2.05, 4.69) is 6.07 Å². The van der Waals surface area contributed by atoms with Gasteiger partial charge < -0.3 is 4.90 Å². The summed E-state index contributed by atoms with van der Waals surface area (Å²) in [5, 5.41) is 8.80. The lowest BCUT2D eigenvalue weighted by atomic mass is 10.0. The van der Waals surface area contributed by atoms with Crippen molar-refractivity contribution in [1.82, 2.24) is 0 Å². The van der Waals surface area contributed by atoms with Crippen LogP contribution in [0.3, 0.4) is 0 Å². The molecule has 0 N–H and O–H groups in total. The highest BCUT2D eigenvalue weighted by atomic mass is 16.1. The van der Waals surface area contributed by atoms with Crippen molar-refractivity contribution in [3.63, 3.8) is 0 Å². The first-order chi connectivity index (χ1) is 10.0. The van der Waals surface area contributed by atoms with Crippen LogP contribution in [0.15, 0.2) is 42.5 Å². The summed E-state index contributed by atoms with van der Waals surface area (Å²) in [4.78, 5) is 14.3. The second-order valence-electron chi connectivity index (χ2n) is 5.26. The van der Waals surface area contributed by atoms with Gasteiger partial charge in [-0.15, -0.1) is 0 Å². The quantitative estimate of drug-likeness (QED) is 0.804. The predicted octanol–water partition coefficient (Wildman–Crippen LogP) is 3.49. The van der Waals surface area contributed by atoms with Crippen molar-refractivity contribution in [2.24, 2.45) is 0 Å². The summed E-state index contributed by atoms with van der Waals surface area (Å²) in [7, 11) is 1.88. The Morgan fingerprint density at radius 2 is 1.81 bits per heavy atom. The summed E-state index contributed by atoms with van der Waals surface area (Å²) in [6.07, 6.45) is 0. The third kappa shape index (κ3) is 3.49. The molecule has 0 atom stereocenters. The number of rotatable bonds is 4. The van der Waals surface area contributed by atoms with Gasteiger partial charge in [0.15, 0.2) is 5.78 Å². The fraction of sp³-hybridized carbons (Fsp3) is 0.222. The van der Waals surface area contributed by atoms with Crippen LogP contribution in [-0.2, 0) is 0 Å². The molecule has 0 amide bonds. The van der Waals surface area contributed by atoms with E-state index in [-0.39, 0.29) is 5.78 Å². The Bertz CT molecular complexity index is 696. The van der Waals surface area contributed by atoms with Gasteiger partial charge in [-0.05, 0) is 43.7 Å². The molecule has 0 aliphatic heterocycles. The fourth-order valence-corrected chi connectivity index (χ4v) is 2.31. The van der Waals surface area contributed by atoms with Gasteiger partial charge in [-0.2, -0.15) is 5.26 Å². The number of hydrogen-bond acceptors (Lipinski definition) is 3. The van der Waals surface area contributed by atoms with E-state index in [1.807, 2.05) is 56.1 Å². The molecule has 0 heterocycles. The predicted molar refractivity (Wildman–Crippen MR) is 84.7 cm³/mol. The van der Waals surface area contributed by atoms with Gasteiger partial charge in [0.2, 0.25) is 0 Å². The number of carbonyl (C=O) groups is 1. The van der Waals surface area contributed by atoms with Crippen LogP contribution in [0.1, 0.15) is 27.0 Å². The maximum absolute atomic E-state index is 12.4. The number of aryl methyl sites for hydroxylation is 2. The average molecular weight is 278 g/mol. The van der Waals surface area contributed by atoms with Crippen LogP contribution >= 0.6 is 0 Å². The minimum atomic E-state index is 0.0966. The molecule has 3 heteroatoms. The van der Waals surface area contributed by atoms with Crippen LogP contribution in [-0.4, -0.2) is 19.4 Å². The monoisotopic (exact) mass is 278 g/mol. The lowest BCUT2D eigenvalue weighted by molar-refractivity contribution is 0.1000. The molecule has 0 aromatic heterocycles. The van der Waals surface area contributed by atoms with Gasteiger partial charge >= 0.3 is 0 Å². The molecule has 0 saturated heterocycles. The van der Waals surface area contributed by atoms with Crippen molar-refractivity contribution in [2.45, 2.75) is 13.8 Å². The van der Waals surface area contributed by atoms with Crippen molar-refractivity contribution in [2.75, 3.05) is 18.5 Å². The second kappa shape index (κ2) is 6.23. The lowest BCUT2D eigenvalue weighted by Gasteiger charge is -2.19. The van der Waals surface area contributed by atoms with E-state index in [0.29, 0.717) is 12.1 Å². The molecule has 21 heavy (non-hydrogen) atoms. The number of carbonyl (C=O) groups excluding carboxylic acids is 1. The number of nitrogens with zero attached hydrogens (tertiary/aromatic N) is 2. The molecule has 0 aliphatic carbocycles. The van der Waals surface area contributed by atoms with Crippen molar-refractivity contribution >= 4 is 11.5 Å². The van der Waals surface area contributed by atoms with Crippen LogP contribution in [0.25, 0.3) is 0 Å². The smallest absolute Gasteiger partial charge is 0.182 e. The third-order valence-corrected chi connectivity index (χ3v) is 3.50. The molecule has 3 nitrogen and oxygen atoms in total. The SMILES string of the molecule is Cc1ccc(C(=O)CN(C)c2ccc(C#N)cc2)c(C)c1. The van der Waals surface area contributed by atoms with Crippen LogP contribution < -0.4 is 4.90 Å². The first-order valence-corrected chi connectivity index (χ1v) is 6.83. The summed E-state index contributed by atoms with van der Waals surface area (Å²) in [5.74, 6) is 0.0966. The zero-order chi connectivity index (χ0) is 15.4. The van der Waals surface area contributed by atoms with E-state index in [0.717, 1.165) is 22.4 Å². The molecule has 2 aromatic carbocycles. The van der Waals surface area contributed by atoms with Crippen molar-refractivity contribution < 1.29 is 4.79 Å². The molecular weight excluding hydrogens is 260 g/mol. The molecule has 2 rings (SSSR count). The number of benzene rings is 2. The van der Waals surface area contributed by atoms with Crippen molar-refractivity contribution in [3.05, 3.63) is 64.7 Å². The molecule has 0 aliphatic rings. The Balaban J connectivity index is 2.13. The Morgan fingerprint density at radius 1 is 1.14 bits per heavy atom. The van der Waals surface area contributed by atoms with Crippen molar-refractivity contribution in [3.8, 4) is 6.07 Å². The number of anilines is 1. The number of Topliss-reactive ketones (excluding diaryl/α,β-unsaturated/α-hetero) is 1. The fourth-order valence-electron chi connectivity index (χ4n) is 2.31.